The molecule has 15 heavy (non-hydrogen) atoms. The fourth-order valence-electron chi connectivity index (χ4n) is 1.55. The van der Waals surface area contributed by atoms with E-state index in [0.717, 1.165) is 19.5 Å². The van der Waals surface area contributed by atoms with E-state index in [2.05, 4.69) is 42.2 Å². The van der Waals surface area contributed by atoms with Crippen molar-refractivity contribution in [2.45, 2.75) is 25.7 Å². The maximum atomic E-state index is 3.69. The third-order valence-electron chi connectivity index (χ3n) is 2.44. The highest BCUT2D eigenvalue weighted by Crippen LogP contribution is 2.03. The molecule has 0 amide bonds. The van der Waals surface area contributed by atoms with Gasteiger partial charge in [-0.1, -0.05) is 36.4 Å². The molecule has 1 heteroatoms. The third-order valence-corrected chi connectivity index (χ3v) is 2.44. The Bertz CT molecular complexity index is 253. The van der Waals surface area contributed by atoms with Crippen LogP contribution in [-0.2, 0) is 6.42 Å². The molecule has 1 N–H and O–H groups in total. The molecule has 0 radical (unpaired) electrons. The SMILES string of the molecule is C=CCCNCCCCc1ccccc1. The molecule has 82 valence electrons. The molecule has 0 saturated heterocycles. The predicted octanol–water partition coefficient (Wildman–Crippen LogP) is 3.18. The zero-order chi connectivity index (χ0) is 10.8. The van der Waals surface area contributed by atoms with Crippen molar-refractivity contribution in [1.29, 1.82) is 0 Å². The lowest BCUT2D eigenvalue weighted by Gasteiger charge is -2.03. The highest BCUT2D eigenvalue weighted by molar-refractivity contribution is 5.14. The van der Waals surface area contributed by atoms with E-state index in [1.54, 1.807) is 0 Å². The van der Waals surface area contributed by atoms with Crippen LogP contribution >= 0.6 is 0 Å². The summed E-state index contributed by atoms with van der Waals surface area (Å²) in [5, 5.41) is 3.40. The van der Waals surface area contributed by atoms with E-state index in [1.807, 2.05) is 6.08 Å². The van der Waals surface area contributed by atoms with Gasteiger partial charge in [-0.25, -0.2) is 0 Å². The first-order valence-electron chi connectivity index (χ1n) is 5.79. The van der Waals surface area contributed by atoms with Crippen molar-refractivity contribution in [2.24, 2.45) is 0 Å². The van der Waals surface area contributed by atoms with Gasteiger partial charge < -0.3 is 5.32 Å². The second-order valence-corrected chi connectivity index (χ2v) is 3.77. The molecule has 0 aliphatic rings. The Labute approximate surface area is 93.2 Å². The summed E-state index contributed by atoms with van der Waals surface area (Å²) in [6, 6.07) is 10.7. The molecule has 0 unspecified atom stereocenters. The Balaban J connectivity index is 1.95. The Morgan fingerprint density at radius 1 is 1.07 bits per heavy atom. The number of aryl methyl sites for hydroxylation is 1. The minimum Gasteiger partial charge on any atom is -0.316 e. The lowest BCUT2D eigenvalue weighted by Crippen LogP contribution is -2.16. The first-order chi connectivity index (χ1) is 7.43. The molecule has 0 heterocycles. The molecule has 0 fully saturated rings. The number of unbranched alkanes of at least 4 members (excludes halogenated alkanes) is 1. The molecule has 1 rings (SSSR count). The highest BCUT2D eigenvalue weighted by atomic mass is 14.8. The zero-order valence-corrected chi connectivity index (χ0v) is 9.41. The fraction of sp³-hybridized carbons (Fsp3) is 0.429. The Morgan fingerprint density at radius 2 is 1.87 bits per heavy atom. The van der Waals surface area contributed by atoms with Gasteiger partial charge in [-0.15, -0.1) is 6.58 Å². The molecular formula is C14H21N. The van der Waals surface area contributed by atoms with Gasteiger partial charge in [-0.3, -0.25) is 0 Å². The van der Waals surface area contributed by atoms with Crippen LogP contribution in [0.15, 0.2) is 43.0 Å². The molecule has 0 atom stereocenters. The van der Waals surface area contributed by atoms with Crippen molar-refractivity contribution >= 4 is 0 Å². The monoisotopic (exact) mass is 203 g/mol. The zero-order valence-electron chi connectivity index (χ0n) is 9.41. The molecule has 0 aliphatic heterocycles. The summed E-state index contributed by atoms with van der Waals surface area (Å²) >= 11 is 0. The summed E-state index contributed by atoms with van der Waals surface area (Å²) < 4.78 is 0. The van der Waals surface area contributed by atoms with Crippen molar-refractivity contribution in [3.8, 4) is 0 Å². The van der Waals surface area contributed by atoms with Gasteiger partial charge in [0.2, 0.25) is 0 Å². The summed E-state index contributed by atoms with van der Waals surface area (Å²) in [4.78, 5) is 0. The van der Waals surface area contributed by atoms with Crippen LogP contribution in [0.1, 0.15) is 24.8 Å². The van der Waals surface area contributed by atoms with Gasteiger partial charge in [0.25, 0.3) is 0 Å². The summed E-state index contributed by atoms with van der Waals surface area (Å²) in [5.74, 6) is 0. The molecule has 0 aliphatic carbocycles. The van der Waals surface area contributed by atoms with Gasteiger partial charge in [-0.05, 0) is 44.3 Å². The van der Waals surface area contributed by atoms with Gasteiger partial charge in [0.05, 0.1) is 0 Å². The molecular weight excluding hydrogens is 182 g/mol. The minimum atomic E-state index is 1.06. The van der Waals surface area contributed by atoms with Crippen LogP contribution in [0.2, 0.25) is 0 Å². The quantitative estimate of drug-likeness (QED) is 0.505. The number of hydrogen-bond donors (Lipinski definition) is 1. The third kappa shape index (κ3) is 6.08. The predicted molar refractivity (Wildman–Crippen MR) is 67.1 cm³/mol. The molecule has 1 nitrogen and oxygen atoms in total. The molecule has 0 bridgehead atoms. The lowest BCUT2D eigenvalue weighted by atomic mass is 10.1. The molecule has 0 aromatic heterocycles. The van der Waals surface area contributed by atoms with E-state index in [1.165, 1.54) is 24.8 Å². The summed E-state index contributed by atoms with van der Waals surface area (Å²) in [6.07, 6.45) is 6.75. The van der Waals surface area contributed by atoms with Gasteiger partial charge in [0, 0.05) is 0 Å². The van der Waals surface area contributed by atoms with E-state index < -0.39 is 0 Å². The van der Waals surface area contributed by atoms with Crippen LogP contribution in [0.4, 0.5) is 0 Å². The largest absolute Gasteiger partial charge is 0.316 e. The van der Waals surface area contributed by atoms with Crippen LogP contribution in [0, 0.1) is 0 Å². The van der Waals surface area contributed by atoms with Crippen LogP contribution in [0.3, 0.4) is 0 Å². The van der Waals surface area contributed by atoms with E-state index in [9.17, 15) is 0 Å². The van der Waals surface area contributed by atoms with Gasteiger partial charge in [-0.2, -0.15) is 0 Å². The second-order valence-electron chi connectivity index (χ2n) is 3.77. The maximum absolute atomic E-state index is 3.69. The number of benzene rings is 1. The Kier molecular flexibility index (Phi) is 6.59. The Hall–Kier alpha value is -1.08. The standard InChI is InChI=1S/C14H21N/c1-2-3-12-15-13-8-7-11-14-9-5-4-6-10-14/h2,4-6,9-10,15H,1,3,7-8,11-13H2. The van der Waals surface area contributed by atoms with Crippen LogP contribution in [0.5, 0.6) is 0 Å². The van der Waals surface area contributed by atoms with Crippen LogP contribution < -0.4 is 5.32 Å². The van der Waals surface area contributed by atoms with Crippen LogP contribution in [-0.4, -0.2) is 13.1 Å². The molecule has 0 saturated carbocycles. The average molecular weight is 203 g/mol. The molecule has 1 aromatic rings. The smallest absolute Gasteiger partial charge is 0.00144 e. The van der Waals surface area contributed by atoms with E-state index >= 15 is 0 Å². The van der Waals surface area contributed by atoms with Crippen molar-refractivity contribution in [2.75, 3.05) is 13.1 Å². The van der Waals surface area contributed by atoms with Gasteiger partial charge >= 0.3 is 0 Å². The average Bonchev–Trinajstić information content (AvgIpc) is 2.29. The Morgan fingerprint density at radius 3 is 2.60 bits per heavy atom. The van der Waals surface area contributed by atoms with Gasteiger partial charge in [0.15, 0.2) is 0 Å². The highest BCUT2D eigenvalue weighted by Gasteiger charge is 1.91. The van der Waals surface area contributed by atoms with Crippen LogP contribution in [0.25, 0.3) is 0 Å². The van der Waals surface area contributed by atoms with Crippen molar-refractivity contribution in [3.05, 3.63) is 48.6 Å². The second kappa shape index (κ2) is 8.25. The lowest BCUT2D eigenvalue weighted by molar-refractivity contribution is 0.627. The minimum absolute atomic E-state index is 1.06. The van der Waals surface area contributed by atoms with E-state index in [-0.39, 0.29) is 0 Å². The number of rotatable bonds is 8. The first-order valence-corrected chi connectivity index (χ1v) is 5.79. The van der Waals surface area contributed by atoms with Crippen molar-refractivity contribution < 1.29 is 0 Å². The number of nitrogens with one attached hydrogen (secondary N) is 1. The summed E-state index contributed by atoms with van der Waals surface area (Å²) in [6.45, 7) is 5.88. The van der Waals surface area contributed by atoms with Crippen molar-refractivity contribution in [3.63, 3.8) is 0 Å². The van der Waals surface area contributed by atoms with E-state index in [4.69, 9.17) is 0 Å². The number of hydrogen-bond acceptors (Lipinski definition) is 1. The summed E-state index contributed by atoms with van der Waals surface area (Å²) in [7, 11) is 0. The van der Waals surface area contributed by atoms with Gasteiger partial charge in [0.1, 0.15) is 0 Å². The fourth-order valence-corrected chi connectivity index (χ4v) is 1.55. The van der Waals surface area contributed by atoms with Crippen molar-refractivity contribution in [1.82, 2.24) is 5.32 Å². The normalized spacial score (nSPS) is 10.1. The topological polar surface area (TPSA) is 12.0 Å². The first kappa shape index (κ1) is 12.0. The summed E-state index contributed by atoms with van der Waals surface area (Å²) in [5.41, 5.74) is 1.45. The molecule has 0 spiro atoms. The molecule has 1 aromatic carbocycles. The van der Waals surface area contributed by atoms with E-state index in [0.29, 0.717) is 0 Å². The maximum Gasteiger partial charge on any atom is -0.00144 e.